The Balaban J connectivity index is 2.38. The summed E-state index contributed by atoms with van der Waals surface area (Å²) >= 11 is 0. The van der Waals surface area contributed by atoms with Crippen molar-refractivity contribution in [2.75, 3.05) is 7.11 Å². The second-order valence-corrected chi connectivity index (χ2v) is 4.45. The van der Waals surface area contributed by atoms with Crippen LogP contribution in [-0.2, 0) is 4.74 Å². The number of nitro groups is 1. The van der Waals surface area contributed by atoms with Crippen LogP contribution in [0.5, 0.6) is 11.5 Å². The molecular weight excluding hydrogens is 304 g/mol. The van der Waals surface area contributed by atoms with Gasteiger partial charge in [-0.2, -0.15) is 0 Å². The maximum atomic E-state index is 11.5. The third-order valence-electron chi connectivity index (χ3n) is 2.96. The smallest absolute Gasteiger partial charge is 0.337 e. The number of non-ortho nitro benzene ring substituents is 1. The maximum Gasteiger partial charge on any atom is 0.337 e. The van der Waals surface area contributed by atoms with E-state index in [1.165, 1.54) is 31.4 Å². The molecule has 0 amide bonds. The van der Waals surface area contributed by atoms with E-state index >= 15 is 0 Å². The summed E-state index contributed by atoms with van der Waals surface area (Å²) in [6, 6.07) is 7.40. The molecule has 0 saturated heterocycles. The van der Waals surface area contributed by atoms with E-state index in [1.807, 2.05) is 0 Å². The van der Waals surface area contributed by atoms with Crippen LogP contribution in [0.2, 0.25) is 0 Å². The SMILES string of the molecule is COC(=O)c1ccc(O)c(N=Cc2cc([N+](=O)[O-])ccc2O)c1. The average Bonchev–Trinajstić information content (AvgIpc) is 2.54. The molecule has 2 aromatic carbocycles. The van der Waals surface area contributed by atoms with Crippen LogP contribution in [0.15, 0.2) is 41.4 Å². The Morgan fingerprint density at radius 3 is 2.57 bits per heavy atom. The van der Waals surface area contributed by atoms with Crippen molar-refractivity contribution in [3.63, 3.8) is 0 Å². The summed E-state index contributed by atoms with van der Waals surface area (Å²) in [7, 11) is 1.22. The second kappa shape index (κ2) is 6.56. The summed E-state index contributed by atoms with van der Waals surface area (Å²) in [6.07, 6.45) is 1.15. The number of methoxy groups -OCH3 is 1. The summed E-state index contributed by atoms with van der Waals surface area (Å²) in [6.45, 7) is 0. The molecule has 23 heavy (non-hydrogen) atoms. The summed E-state index contributed by atoms with van der Waals surface area (Å²) in [5.74, 6) is -0.999. The van der Waals surface area contributed by atoms with Gasteiger partial charge < -0.3 is 14.9 Å². The summed E-state index contributed by atoms with van der Waals surface area (Å²) in [5, 5.41) is 30.2. The number of hydrogen-bond acceptors (Lipinski definition) is 7. The van der Waals surface area contributed by atoms with Gasteiger partial charge in [-0.1, -0.05) is 0 Å². The molecule has 0 bridgehead atoms. The third kappa shape index (κ3) is 3.62. The molecule has 0 aliphatic heterocycles. The van der Waals surface area contributed by atoms with Crippen molar-refractivity contribution in [1.29, 1.82) is 0 Å². The van der Waals surface area contributed by atoms with E-state index in [9.17, 15) is 25.1 Å². The standard InChI is InChI=1S/C15H12N2O6/c1-23-15(20)9-2-4-14(19)12(7-9)16-8-10-6-11(17(21)22)3-5-13(10)18/h2-8,18-19H,1H3. The minimum Gasteiger partial charge on any atom is -0.507 e. The first kappa shape index (κ1) is 16.0. The number of nitro benzene ring substituents is 1. The minimum absolute atomic E-state index is 0.0545. The van der Waals surface area contributed by atoms with E-state index < -0.39 is 10.9 Å². The largest absolute Gasteiger partial charge is 0.507 e. The number of ether oxygens (including phenoxy) is 1. The van der Waals surface area contributed by atoms with Crippen LogP contribution in [0, 0.1) is 10.1 Å². The highest BCUT2D eigenvalue weighted by Crippen LogP contribution is 2.28. The van der Waals surface area contributed by atoms with Crippen LogP contribution in [0.25, 0.3) is 0 Å². The van der Waals surface area contributed by atoms with Crippen molar-refractivity contribution in [2.45, 2.75) is 0 Å². The van der Waals surface area contributed by atoms with Gasteiger partial charge in [-0.05, 0) is 24.3 Å². The number of hydrogen-bond donors (Lipinski definition) is 2. The van der Waals surface area contributed by atoms with Gasteiger partial charge in [-0.25, -0.2) is 4.79 Å². The van der Waals surface area contributed by atoms with Crippen molar-refractivity contribution in [1.82, 2.24) is 0 Å². The monoisotopic (exact) mass is 316 g/mol. The fourth-order valence-electron chi connectivity index (χ4n) is 1.77. The third-order valence-corrected chi connectivity index (χ3v) is 2.96. The predicted octanol–water partition coefficient (Wildman–Crippen LogP) is 2.54. The molecule has 0 radical (unpaired) electrons. The number of aromatic hydroxyl groups is 2. The van der Waals surface area contributed by atoms with Crippen molar-refractivity contribution in [3.8, 4) is 11.5 Å². The molecule has 0 unspecified atom stereocenters. The quantitative estimate of drug-likeness (QED) is 0.387. The Morgan fingerprint density at radius 2 is 1.91 bits per heavy atom. The minimum atomic E-state index is -0.605. The lowest BCUT2D eigenvalue weighted by Crippen LogP contribution is -2.00. The van der Waals surface area contributed by atoms with Gasteiger partial charge in [0.15, 0.2) is 0 Å². The van der Waals surface area contributed by atoms with E-state index in [4.69, 9.17) is 0 Å². The summed E-state index contributed by atoms with van der Waals surface area (Å²) in [4.78, 5) is 25.5. The van der Waals surface area contributed by atoms with Gasteiger partial charge in [0.05, 0.1) is 17.6 Å². The molecule has 0 aliphatic carbocycles. The number of phenolic OH excluding ortho intramolecular Hbond substituents is 2. The molecule has 0 fully saturated rings. The maximum absolute atomic E-state index is 11.5. The Hall–Kier alpha value is -3.42. The highest BCUT2D eigenvalue weighted by molar-refractivity contribution is 5.92. The zero-order chi connectivity index (χ0) is 17.0. The van der Waals surface area contributed by atoms with Crippen LogP contribution in [0.1, 0.15) is 15.9 Å². The summed E-state index contributed by atoms with van der Waals surface area (Å²) in [5.41, 5.74) is 0.123. The lowest BCUT2D eigenvalue weighted by Gasteiger charge is -2.03. The molecule has 0 saturated carbocycles. The number of esters is 1. The molecule has 0 atom stereocenters. The second-order valence-electron chi connectivity index (χ2n) is 4.45. The fraction of sp³-hybridized carbons (Fsp3) is 0.0667. The van der Waals surface area contributed by atoms with E-state index in [1.54, 1.807) is 0 Å². The van der Waals surface area contributed by atoms with Crippen LogP contribution in [0.4, 0.5) is 11.4 Å². The normalized spacial score (nSPS) is 10.7. The van der Waals surface area contributed by atoms with Crippen molar-refractivity contribution < 1.29 is 24.7 Å². The van der Waals surface area contributed by atoms with Crippen LogP contribution < -0.4 is 0 Å². The van der Waals surface area contributed by atoms with Crippen LogP contribution in [0.3, 0.4) is 0 Å². The zero-order valence-corrected chi connectivity index (χ0v) is 12.0. The van der Waals surface area contributed by atoms with E-state index in [0.29, 0.717) is 0 Å². The molecule has 0 heterocycles. The Labute approximate surface area is 130 Å². The summed E-state index contributed by atoms with van der Waals surface area (Å²) < 4.78 is 4.57. The van der Waals surface area contributed by atoms with E-state index in [2.05, 4.69) is 9.73 Å². The number of phenols is 2. The molecule has 2 rings (SSSR count). The predicted molar refractivity (Wildman–Crippen MR) is 81.5 cm³/mol. The van der Waals surface area contributed by atoms with Gasteiger partial charge in [0.2, 0.25) is 0 Å². The van der Waals surface area contributed by atoms with Gasteiger partial charge >= 0.3 is 5.97 Å². The molecule has 8 heteroatoms. The lowest BCUT2D eigenvalue weighted by molar-refractivity contribution is -0.384. The molecule has 118 valence electrons. The van der Waals surface area contributed by atoms with Crippen molar-refractivity contribution in [3.05, 3.63) is 57.6 Å². The highest BCUT2D eigenvalue weighted by atomic mass is 16.6. The first-order valence-electron chi connectivity index (χ1n) is 6.35. The first-order chi connectivity index (χ1) is 10.9. The molecule has 0 spiro atoms. The molecule has 0 aliphatic rings. The zero-order valence-electron chi connectivity index (χ0n) is 12.0. The van der Waals surface area contributed by atoms with Crippen LogP contribution in [-0.4, -0.2) is 34.4 Å². The van der Waals surface area contributed by atoms with Crippen LogP contribution >= 0.6 is 0 Å². The molecular formula is C15H12N2O6. The lowest BCUT2D eigenvalue weighted by atomic mass is 10.1. The number of benzene rings is 2. The first-order valence-corrected chi connectivity index (χ1v) is 6.35. The van der Waals surface area contributed by atoms with E-state index in [0.717, 1.165) is 18.3 Å². The fourth-order valence-corrected chi connectivity index (χ4v) is 1.77. The number of nitrogens with zero attached hydrogens (tertiary/aromatic N) is 2. The number of aliphatic imine (C=N–C) groups is 1. The van der Waals surface area contributed by atoms with Gasteiger partial charge in [-0.3, -0.25) is 15.1 Å². The molecule has 0 aromatic heterocycles. The van der Waals surface area contributed by atoms with Gasteiger partial charge in [0.1, 0.15) is 17.2 Å². The number of rotatable bonds is 4. The topological polar surface area (TPSA) is 122 Å². The van der Waals surface area contributed by atoms with Gasteiger partial charge in [0.25, 0.3) is 5.69 Å². The average molecular weight is 316 g/mol. The van der Waals surface area contributed by atoms with E-state index in [-0.39, 0.29) is 34.0 Å². The van der Waals surface area contributed by atoms with Crippen molar-refractivity contribution in [2.24, 2.45) is 4.99 Å². The van der Waals surface area contributed by atoms with Gasteiger partial charge in [-0.15, -0.1) is 0 Å². The number of carbonyl (C=O) groups is 1. The number of carbonyl (C=O) groups excluding carboxylic acids is 1. The van der Waals surface area contributed by atoms with Gasteiger partial charge in [0, 0.05) is 23.9 Å². The van der Waals surface area contributed by atoms with Crippen molar-refractivity contribution >= 4 is 23.6 Å². The molecule has 8 nitrogen and oxygen atoms in total. The molecule has 2 aromatic rings. The Bertz CT molecular complexity index is 801. The Morgan fingerprint density at radius 1 is 1.22 bits per heavy atom. The Kier molecular flexibility index (Phi) is 4.55. The highest BCUT2D eigenvalue weighted by Gasteiger charge is 2.11. The molecule has 2 N–H and O–H groups in total.